The average Bonchev–Trinajstić information content (AvgIpc) is 3.26. The lowest BCUT2D eigenvalue weighted by molar-refractivity contribution is -0.146. The molecule has 6 heteroatoms. The molecular weight excluding hydrogens is 346 g/mol. The molecule has 1 atom stereocenters. The molecule has 2 aromatic carbocycles. The standard InChI is InChI=1S/C21H17NO5/c23-18(14-22-21(25)17-12-7-13-26-17)27-20(16-10-5-2-6-11-16)19(24)15-8-3-1-4-9-15/h1-13,20H,14H2,(H,22,25)/t20-/m1/s1. The number of hydrogen-bond acceptors (Lipinski definition) is 5. The molecule has 0 aliphatic carbocycles. The van der Waals surface area contributed by atoms with Crippen molar-refractivity contribution in [3.8, 4) is 0 Å². The van der Waals surface area contributed by atoms with E-state index in [0.29, 0.717) is 11.1 Å². The molecule has 0 saturated carbocycles. The maximum atomic E-state index is 12.8. The van der Waals surface area contributed by atoms with Crippen molar-refractivity contribution in [3.63, 3.8) is 0 Å². The highest BCUT2D eigenvalue weighted by Gasteiger charge is 2.26. The van der Waals surface area contributed by atoms with Crippen molar-refractivity contribution >= 4 is 17.7 Å². The highest BCUT2D eigenvalue weighted by molar-refractivity contribution is 6.01. The van der Waals surface area contributed by atoms with Crippen LogP contribution >= 0.6 is 0 Å². The summed E-state index contributed by atoms with van der Waals surface area (Å²) in [5.74, 6) is -1.52. The van der Waals surface area contributed by atoms with Crippen LogP contribution in [0.5, 0.6) is 0 Å². The molecule has 3 aromatic rings. The Labute approximate surface area is 155 Å². The molecule has 0 bridgehead atoms. The van der Waals surface area contributed by atoms with Gasteiger partial charge < -0.3 is 14.5 Å². The summed E-state index contributed by atoms with van der Waals surface area (Å²) in [6, 6.07) is 20.4. The Morgan fingerprint density at radius 3 is 2.19 bits per heavy atom. The quantitative estimate of drug-likeness (QED) is 0.515. The highest BCUT2D eigenvalue weighted by Crippen LogP contribution is 2.22. The van der Waals surface area contributed by atoms with Gasteiger partial charge in [0.2, 0.25) is 5.78 Å². The van der Waals surface area contributed by atoms with Gasteiger partial charge in [-0.05, 0) is 12.1 Å². The number of furan rings is 1. The van der Waals surface area contributed by atoms with Crippen LogP contribution in [0.2, 0.25) is 0 Å². The second-order valence-corrected chi connectivity index (χ2v) is 5.67. The van der Waals surface area contributed by atoms with Crippen LogP contribution in [-0.4, -0.2) is 24.2 Å². The fraction of sp³-hybridized carbons (Fsp3) is 0.0952. The molecule has 0 aliphatic heterocycles. The third-order valence-corrected chi connectivity index (χ3v) is 3.79. The zero-order valence-electron chi connectivity index (χ0n) is 14.3. The van der Waals surface area contributed by atoms with E-state index < -0.39 is 18.0 Å². The molecule has 1 aromatic heterocycles. The van der Waals surface area contributed by atoms with Gasteiger partial charge in [-0.2, -0.15) is 0 Å². The van der Waals surface area contributed by atoms with E-state index in [9.17, 15) is 14.4 Å². The second kappa shape index (κ2) is 8.62. The van der Waals surface area contributed by atoms with Crippen LogP contribution in [0.1, 0.15) is 32.6 Å². The number of amides is 1. The largest absolute Gasteiger partial charge is 0.459 e. The molecule has 0 aliphatic rings. The fourth-order valence-electron chi connectivity index (χ4n) is 2.47. The summed E-state index contributed by atoms with van der Waals surface area (Å²) in [5, 5.41) is 2.40. The van der Waals surface area contributed by atoms with Crippen LogP contribution in [0.25, 0.3) is 0 Å². The summed E-state index contributed by atoms with van der Waals surface area (Å²) >= 11 is 0. The zero-order valence-corrected chi connectivity index (χ0v) is 14.3. The molecule has 0 unspecified atom stereocenters. The van der Waals surface area contributed by atoms with E-state index in [0.717, 1.165) is 0 Å². The average molecular weight is 363 g/mol. The maximum Gasteiger partial charge on any atom is 0.326 e. The van der Waals surface area contributed by atoms with Gasteiger partial charge in [0.1, 0.15) is 6.54 Å². The summed E-state index contributed by atoms with van der Waals surface area (Å²) in [5.41, 5.74) is 0.982. The third-order valence-electron chi connectivity index (χ3n) is 3.79. The lowest BCUT2D eigenvalue weighted by atomic mass is 10.00. The van der Waals surface area contributed by atoms with Gasteiger partial charge in [-0.25, -0.2) is 0 Å². The van der Waals surface area contributed by atoms with Crippen LogP contribution in [0, 0.1) is 0 Å². The van der Waals surface area contributed by atoms with E-state index in [1.165, 1.54) is 12.3 Å². The summed E-state index contributed by atoms with van der Waals surface area (Å²) in [6.07, 6.45) is 0.263. The number of ether oxygens (including phenoxy) is 1. The highest BCUT2D eigenvalue weighted by atomic mass is 16.5. The van der Waals surface area contributed by atoms with E-state index in [4.69, 9.17) is 9.15 Å². The Balaban J connectivity index is 1.70. The summed E-state index contributed by atoms with van der Waals surface area (Å²) < 4.78 is 10.3. The number of carbonyl (C=O) groups is 3. The first-order valence-electron chi connectivity index (χ1n) is 8.30. The van der Waals surface area contributed by atoms with Crippen molar-refractivity contribution in [2.45, 2.75) is 6.10 Å². The van der Waals surface area contributed by atoms with Crippen molar-refractivity contribution in [1.29, 1.82) is 0 Å². The predicted octanol–water partition coefficient (Wildman–Crippen LogP) is 3.18. The van der Waals surface area contributed by atoms with E-state index in [-0.39, 0.29) is 18.1 Å². The zero-order chi connectivity index (χ0) is 19.1. The first kappa shape index (κ1) is 18.1. The lowest BCUT2D eigenvalue weighted by Gasteiger charge is -2.17. The molecule has 1 heterocycles. The molecule has 6 nitrogen and oxygen atoms in total. The summed E-state index contributed by atoms with van der Waals surface area (Å²) in [6.45, 7) is -0.384. The van der Waals surface area contributed by atoms with Crippen molar-refractivity contribution in [3.05, 3.63) is 95.9 Å². The molecule has 1 N–H and O–H groups in total. The monoisotopic (exact) mass is 363 g/mol. The van der Waals surface area contributed by atoms with Crippen LogP contribution in [0.15, 0.2) is 83.5 Å². The van der Waals surface area contributed by atoms with Crippen LogP contribution in [0.3, 0.4) is 0 Å². The third kappa shape index (κ3) is 4.70. The van der Waals surface area contributed by atoms with Crippen molar-refractivity contribution < 1.29 is 23.5 Å². The van der Waals surface area contributed by atoms with Crippen LogP contribution in [-0.2, 0) is 9.53 Å². The van der Waals surface area contributed by atoms with E-state index in [1.807, 2.05) is 0 Å². The van der Waals surface area contributed by atoms with Gasteiger partial charge in [-0.3, -0.25) is 14.4 Å². The van der Waals surface area contributed by atoms with E-state index >= 15 is 0 Å². The smallest absolute Gasteiger partial charge is 0.326 e. The summed E-state index contributed by atoms with van der Waals surface area (Å²) in [4.78, 5) is 36.9. The molecule has 0 saturated heterocycles. The number of hydrogen-bond donors (Lipinski definition) is 1. The normalized spacial score (nSPS) is 11.4. The number of esters is 1. The van der Waals surface area contributed by atoms with Gasteiger partial charge in [0, 0.05) is 11.1 Å². The van der Waals surface area contributed by atoms with Crippen LogP contribution in [0.4, 0.5) is 0 Å². The molecule has 0 spiro atoms. The predicted molar refractivity (Wildman–Crippen MR) is 97.1 cm³/mol. The molecule has 27 heavy (non-hydrogen) atoms. The molecule has 3 rings (SSSR count). The number of nitrogens with one attached hydrogen (secondary N) is 1. The van der Waals surface area contributed by atoms with Crippen molar-refractivity contribution in [2.24, 2.45) is 0 Å². The SMILES string of the molecule is O=C(CNC(=O)c1ccco1)O[C@@H](C(=O)c1ccccc1)c1ccccc1. The maximum absolute atomic E-state index is 12.8. The Morgan fingerprint density at radius 1 is 0.889 bits per heavy atom. The molecule has 0 radical (unpaired) electrons. The van der Waals surface area contributed by atoms with Crippen LogP contribution < -0.4 is 5.32 Å². The lowest BCUT2D eigenvalue weighted by Crippen LogP contribution is -2.32. The van der Waals surface area contributed by atoms with Crippen molar-refractivity contribution in [1.82, 2.24) is 5.32 Å². The second-order valence-electron chi connectivity index (χ2n) is 5.67. The van der Waals surface area contributed by atoms with Gasteiger partial charge in [-0.1, -0.05) is 60.7 Å². The minimum absolute atomic E-state index is 0.0859. The Bertz CT molecular complexity index is 904. The fourth-order valence-corrected chi connectivity index (χ4v) is 2.47. The van der Waals surface area contributed by atoms with E-state index in [2.05, 4.69) is 5.32 Å². The van der Waals surface area contributed by atoms with Gasteiger partial charge >= 0.3 is 5.97 Å². The number of benzene rings is 2. The number of carbonyl (C=O) groups excluding carboxylic acids is 3. The first-order valence-corrected chi connectivity index (χ1v) is 8.30. The van der Waals surface area contributed by atoms with E-state index in [1.54, 1.807) is 66.7 Å². The van der Waals surface area contributed by atoms with Gasteiger partial charge in [0.15, 0.2) is 11.9 Å². The molecule has 0 fully saturated rings. The first-order chi connectivity index (χ1) is 13.1. The number of ketones is 1. The Morgan fingerprint density at radius 2 is 1.56 bits per heavy atom. The topological polar surface area (TPSA) is 85.6 Å². The molecule has 1 amide bonds. The van der Waals surface area contributed by atoms with Gasteiger partial charge in [0.25, 0.3) is 5.91 Å². The summed E-state index contributed by atoms with van der Waals surface area (Å²) in [7, 11) is 0. The minimum Gasteiger partial charge on any atom is -0.459 e. The van der Waals surface area contributed by atoms with Gasteiger partial charge in [0.05, 0.1) is 6.26 Å². The van der Waals surface area contributed by atoms with Crippen molar-refractivity contribution in [2.75, 3.05) is 6.54 Å². The molecule has 136 valence electrons. The Hall–Kier alpha value is -3.67. The minimum atomic E-state index is -1.10. The Kier molecular flexibility index (Phi) is 5.79. The number of Topliss-reactive ketones (excluding diaryl/α,β-unsaturated/α-hetero) is 1. The van der Waals surface area contributed by atoms with Gasteiger partial charge in [-0.15, -0.1) is 0 Å². The number of rotatable bonds is 7. The molecular formula is C21H17NO5.